The molecule has 0 aliphatic rings. The third-order valence-corrected chi connectivity index (χ3v) is 7.99. The molecule has 192 valence electrons. The van der Waals surface area contributed by atoms with E-state index in [0.29, 0.717) is 35.1 Å². The molecule has 5 rings (SSSR count). The van der Waals surface area contributed by atoms with Crippen molar-refractivity contribution in [3.63, 3.8) is 0 Å². The van der Waals surface area contributed by atoms with Crippen LogP contribution in [0.5, 0.6) is 0 Å². The normalized spacial score (nSPS) is 11.0. The Kier molecular flexibility index (Phi) is 7.92. The van der Waals surface area contributed by atoms with E-state index < -0.39 is 15.8 Å². The predicted octanol–water partition coefficient (Wildman–Crippen LogP) is 6.95. The Balaban J connectivity index is 1.10. The highest BCUT2D eigenvalue weighted by atomic mass is 32.2. The van der Waals surface area contributed by atoms with Crippen LogP contribution >= 0.6 is 0 Å². The summed E-state index contributed by atoms with van der Waals surface area (Å²) >= 11 is 0. The van der Waals surface area contributed by atoms with Gasteiger partial charge in [0.25, 0.3) is 0 Å². The summed E-state index contributed by atoms with van der Waals surface area (Å²) in [6.45, 7) is 0.0117. The number of rotatable bonds is 6. The molecule has 0 unspecified atom stereocenters. The molecule has 0 fully saturated rings. The number of unbranched alkanes of at least 4 members (excludes halogenated alkanes) is 2. The summed E-state index contributed by atoms with van der Waals surface area (Å²) in [5, 5.41) is 5.64. The van der Waals surface area contributed by atoms with E-state index in [9.17, 15) is 13.2 Å². The third-order valence-electron chi connectivity index (χ3n) is 6.44. The molecule has 0 saturated heterocycles. The summed E-state index contributed by atoms with van der Waals surface area (Å²) in [5.74, 6) is 11.0. The second kappa shape index (κ2) is 11.9. The minimum absolute atomic E-state index is 0.0117. The Morgan fingerprint density at radius 3 is 2.10 bits per heavy atom. The van der Waals surface area contributed by atoms with E-state index in [-0.39, 0.29) is 12.4 Å². The van der Waals surface area contributed by atoms with Gasteiger partial charge in [0.05, 0.1) is 10.5 Å². The smallest absolute Gasteiger partial charge is 0.339 e. The first-order chi connectivity index (χ1) is 19.0. The number of fused-ring (bicyclic) bond motifs is 3. The Hall–Kier alpha value is -4.58. The van der Waals surface area contributed by atoms with E-state index in [1.807, 2.05) is 66.7 Å². The van der Waals surface area contributed by atoms with Crippen LogP contribution in [0.3, 0.4) is 0 Å². The Morgan fingerprint density at radius 2 is 1.28 bits per heavy atom. The molecule has 5 heteroatoms. The van der Waals surface area contributed by atoms with Crippen molar-refractivity contribution in [3.8, 4) is 23.7 Å². The lowest BCUT2D eigenvalue weighted by atomic mass is 10.00. The van der Waals surface area contributed by atoms with E-state index >= 15 is 0 Å². The van der Waals surface area contributed by atoms with E-state index in [2.05, 4.69) is 35.8 Å². The summed E-state index contributed by atoms with van der Waals surface area (Å²) in [6, 6.07) is 30.5. The van der Waals surface area contributed by atoms with Crippen molar-refractivity contribution in [3.05, 3.63) is 103 Å². The Labute approximate surface area is 228 Å². The number of hydrogen-bond acceptors (Lipinski definition) is 4. The van der Waals surface area contributed by atoms with Gasteiger partial charge in [0, 0.05) is 18.2 Å². The predicted molar refractivity (Wildman–Crippen MR) is 157 cm³/mol. The number of esters is 1. The fourth-order valence-corrected chi connectivity index (χ4v) is 5.76. The number of carbonyl (C=O) groups is 1. The number of hydrogen-bond donors (Lipinski definition) is 0. The average molecular weight is 531 g/mol. The van der Waals surface area contributed by atoms with Gasteiger partial charge >= 0.3 is 5.97 Å². The lowest BCUT2D eigenvalue weighted by molar-refractivity contribution is 0.0559. The fraction of sp³-hybridized carbons (Fsp3) is 0.147. The second-order valence-corrected chi connectivity index (χ2v) is 11.1. The summed E-state index contributed by atoms with van der Waals surface area (Å²) in [5.41, 5.74) is 0.522. The zero-order valence-corrected chi connectivity index (χ0v) is 22.1. The van der Waals surface area contributed by atoms with Crippen LogP contribution < -0.4 is 0 Å². The molecule has 0 aromatic heterocycles. The first-order valence-electron chi connectivity index (χ1n) is 12.7. The molecule has 0 atom stereocenters. The van der Waals surface area contributed by atoms with Crippen molar-refractivity contribution in [2.45, 2.75) is 24.2 Å². The SMILES string of the molecule is O=C(OCC#CCCCC#CCS(=O)(=O)c1cccc2ccccc12)c1cccc2cc3ccccc3cc12. The summed E-state index contributed by atoms with van der Waals surface area (Å²) in [4.78, 5) is 13.0. The molecule has 0 bridgehead atoms. The molecule has 4 nitrogen and oxygen atoms in total. The van der Waals surface area contributed by atoms with E-state index in [0.717, 1.165) is 26.9 Å². The Morgan fingerprint density at radius 1 is 0.641 bits per heavy atom. The fourth-order valence-electron chi connectivity index (χ4n) is 4.51. The number of ether oxygens (including phenoxy) is 1. The molecule has 0 amide bonds. The van der Waals surface area contributed by atoms with E-state index in [1.54, 1.807) is 18.2 Å². The molecule has 5 aromatic carbocycles. The van der Waals surface area contributed by atoms with Gasteiger partial charge in [-0.2, -0.15) is 0 Å². The van der Waals surface area contributed by atoms with Gasteiger partial charge in [0.15, 0.2) is 16.4 Å². The summed E-state index contributed by atoms with van der Waals surface area (Å²) in [7, 11) is -3.50. The third kappa shape index (κ3) is 6.12. The molecule has 0 saturated carbocycles. The average Bonchev–Trinajstić information content (AvgIpc) is 2.96. The van der Waals surface area contributed by atoms with E-state index in [4.69, 9.17) is 4.74 Å². The van der Waals surface area contributed by atoms with Crippen LogP contribution in [0, 0.1) is 23.7 Å². The first kappa shape index (κ1) is 26.0. The van der Waals surface area contributed by atoms with Crippen LogP contribution in [0.4, 0.5) is 0 Å². The highest BCUT2D eigenvalue weighted by Crippen LogP contribution is 2.26. The van der Waals surface area contributed by atoms with Crippen LogP contribution in [0.25, 0.3) is 32.3 Å². The molecule has 0 aliphatic heterocycles. The maximum atomic E-state index is 12.8. The highest BCUT2D eigenvalue weighted by molar-refractivity contribution is 7.91. The van der Waals surface area contributed by atoms with Crippen LogP contribution in [0.1, 0.15) is 29.6 Å². The second-order valence-electron chi connectivity index (χ2n) is 9.10. The lowest BCUT2D eigenvalue weighted by Crippen LogP contribution is -2.06. The molecule has 0 aliphatic carbocycles. The van der Waals surface area contributed by atoms with Gasteiger partial charge in [-0.15, -0.1) is 5.92 Å². The summed E-state index contributed by atoms with van der Waals surface area (Å²) in [6.07, 6.45) is 1.84. The molecule has 0 N–H and O–H groups in total. The Bertz CT molecular complexity index is 1910. The van der Waals surface area contributed by atoms with Gasteiger partial charge in [-0.05, 0) is 57.6 Å². The molecule has 0 radical (unpaired) electrons. The van der Waals surface area contributed by atoms with Crippen LogP contribution in [-0.4, -0.2) is 26.7 Å². The van der Waals surface area contributed by atoms with Gasteiger partial charge in [0.1, 0.15) is 5.75 Å². The van der Waals surface area contributed by atoms with Crippen molar-refractivity contribution >= 4 is 48.1 Å². The zero-order chi connectivity index (χ0) is 27.1. The van der Waals surface area contributed by atoms with Crippen LogP contribution in [0.15, 0.2) is 102 Å². The van der Waals surface area contributed by atoms with E-state index in [1.165, 1.54) is 0 Å². The molecule has 0 heterocycles. The van der Waals surface area contributed by atoms with Gasteiger partial charge in [-0.3, -0.25) is 0 Å². The molecule has 5 aromatic rings. The van der Waals surface area contributed by atoms with Crippen molar-refractivity contribution in [1.82, 2.24) is 0 Å². The summed E-state index contributed by atoms with van der Waals surface area (Å²) < 4.78 is 30.9. The number of carbonyl (C=O) groups excluding carboxylic acids is 1. The standard InChI is InChI=1S/C34H26O4S/c35-34(31-20-12-18-29-24-27-15-6-7-16-28(27)25-32(29)31)38-22-10-4-2-1-3-5-11-23-39(36,37)33-21-13-17-26-14-8-9-19-30(26)33/h6-9,12-21,24-25H,1-3,22-23H2. The lowest BCUT2D eigenvalue weighted by Gasteiger charge is -2.07. The monoisotopic (exact) mass is 530 g/mol. The van der Waals surface area contributed by atoms with Crippen LogP contribution in [0.2, 0.25) is 0 Å². The largest absolute Gasteiger partial charge is 0.449 e. The van der Waals surface area contributed by atoms with Crippen molar-refractivity contribution in [2.24, 2.45) is 0 Å². The van der Waals surface area contributed by atoms with Crippen molar-refractivity contribution in [1.29, 1.82) is 0 Å². The van der Waals surface area contributed by atoms with Gasteiger partial charge in [-0.25, -0.2) is 13.2 Å². The quantitative estimate of drug-likeness (QED) is 0.103. The van der Waals surface area contributed by atoms with Gasteiger partial charge < -0.3 is 4.74 Å². The van der Waals surface area contributed by atoms with Gasteiger partial charge in [0.2, 0.25) is 0 Å². The maximum absolute atomic E-state index is 12.8. The number of sulfone groups is 1. The zero-order valence-electron chi connectivity index (χ0n) is 21.3. The van der Waals surface area contributed by atoms with Crippen molar-refractivity contribution in [2.75, 3.05) is 12.4 Å². The molecule has 39 heavy (non-hydrogen) atoms. The minimum Gasteiger partial charge on any atom is -0.449 e. The van der Waals surface area contributed by atoms with Crippen molar-refractivity contribution < 1.29 is 17.9 Å². The highest BCUT2D eigenvalue weighted by Gasteiger charge is 2.16. The molecular weight excluding hydrogens is 504 g/mol. The van der Waals surface area contributed by atoms with Gasteiger partial charge in [-0.1, -0.05) is 90.6 Å². The topological polar surface area (TPSA) is 60.4 Å². The molecule has 0 spiro atoms. The number of benzene rings is 5. The first-order valence-corrected chi connectivity index (χ1v) is 14.4. The van der Waals surface area contributed by atoms with Crippen LogP contribution in [-0.2, 0) is 14.6 Å². The minimum atomic E-state index is -3.50. The maximum Gasteiger partial charge on any atom is 0.339 e. The molecular formula is C34H26O4S.